The number of hydrogen-bond donors (Lipinski definition) is 3. The molecule has 0 aromatic carbocycles. The molecule has 0 rings (SSSR count). The van der Waals surface area contributed by atoms with E-state index in [2.05, 4.69) is 34.2 Å². The molecule has 0 heterocycles. The molecule has 0 aliphatic carbocycles. The van der Waals surface area contributed by atoms with Gasteiger partial charge in [0.15, 0.2) is 5.96 Å². The van der Waals surface area contributed by atoms with E-state index in [0.717, 1.165) is 18.9 Å². The highest BCUT2D eigenvalue weighted by Gasteiger charge is 2.22. The lowest BCUT2D eigenvalue weighted by Gasteiger charge is -2.26. The fraction of sp³-hybridized carbons (Fsp3) is 0.938. The third-order valence-electron chi connectivity index (χ3n) is 3.38. The maximum atomic E-state index is 11.3. The second kappa shape index (κ2) is 10.9. The van der Waals surface area contributed by atoms with Crippen molar-refractivity contribution in [2.75, 3.05) is 26.4 Å². The standard InChI is InChI=1S/C16H36N4O2S/c1-14(2)11-9-7-8-10-12-18-15(17-5)19-13-16(3,4)20-23(6,21)22/h14,20H,7-13H2,1-6H3,(H2,17,18,19). The fourth-order valence-corrected chi connectivity index (χ4v) is 3.38. The molecule has 0 radical (unpaired) electrons. The Morgan fingerprint density at radius 3 is 2.22 bits per heavy atom. The van der Waals surface area contributed by atoms with Gasteiger partial charge >= 0.3 is 0 Å². The van der Waals surface area contributed by atoms with Crippen LogP contribution in [0.25, 0.3) is 0 Å². The zero-order valence-corrected chi connectivity index (χ0v) is 16.5. The summed E-state index contributed by atoms with van der Waals surface area (Å²) in [6, 6.07) is 0. The van der Waals surface area contributed by atoms with Crippen LogP contribution in [0.3, 0.4) is 0 Å². The minimum atomic E-state index is -3.22. The first-order valence-corrected chi connectivity index (χ1v) is 10.4. The summed E-state index contributed by atoms with van der Waals surface area (Å²) in [5, 5.41) is 6.43. The third kappa shape index (κ3) is 14.5. The minimum Gasteiger partial charge on any atom is -0.356 e. The number of nitrogens with zero attached hydrogens (tertiary/aromatic N) is 1. The van der Waals surface area contributed by atoms with Crippen molar-refractivity contribution in [2.45, 2.75) is 65.3 Å². The van der Waals surface area contributed by atoms with Crippen LogP contribution in [0.4, 0.5) is 0 Å². The average Bonchev–Trinajstić information content (AvgIpc) is 2.38. The summed E-state index contributed by atoms with van der Waals surface area (Å²) in [6.07, 6.45) is 7.38. The first-order valence-electron chi connectivity index (χ1n) is 8.49. The lowest BCUT2D eigenvalue weighted by atomic mass is 10.0. The lowest BCUT2D eigenvalue weighted by molar-refractivity contribution is 0.446. The predicted octanol–water partition coefficient (Wildman–Crippen LogP) is 2.09. The highest BCUT2D eigenvalue weighted by molar-refractivity contribution is 7.88. The van der Waals surface area contributed by atoms with Crippen LogP contribution in [-0.4, -0.2) is 46.3 Å². The molecule has 0 unspecified atom stereocenters. The Hall–Kier alpha value is -0.820. The molecule has 0 saturated carbocycles. The van der Waals surface area contributed by atoms with Gasteiger partial charge in [0, 0.05) is 25.7 Å². The van der Waals surface area contributed by atoms with E-state index in [0.29, 0.717) is 12.5 Å². The van der Waals surface area contributed by atoms with Crippen LogP contribution in [0.15, 0.2) is 4.99 Å². The van der Waals surface area contributed by atoms with E-state index in [4.69, 9.17) is 0 Å². The summed E-state index contributed by atoms with van der Waals surface area (Å²) in [7, 11) is -1.51. The first kappa shape index (κ1) is 22.2. The van der Waals surface area contributed by atoms with Gasteiger partial charge in [-0.05, 0) is 26.2 Å². The number of unbranched alkanes of at least 4 members (excludes halogenated alkanes) is 3. The second-order valence-electron chi connectivity index (χ2n) is 7.21. The van der Waals surface area contributed by atoms with Crippen LogP contribution in [0, 0.1) is 5.92 Å². The van der Waals surface area contributed by atoms with Crippen molar-refractivity contribution in [3.8, 4) is 0 Å². The Bertz CT molecular complexity index is 445. The SMILES string of the molecule is CN=C(NCCCCCCC(C)C)NCC(C)(C)NS(C)(=O)=O. The minimum absolute atomic E-state index is 0.466. The van der Waals surface area contributed by atoms with Gasteiger partial charge in [-0.3, -0.25) is 4.99 Å². The second-order valence-corrected chi connectivity index (χ2v) is 8.96. The number of sulfonamides is 1. The molecule has 0 aromatic heterocycles. The van der Waals surface area contributed by atoms with Crippen molar-refractivity contribution < 1.29 is 8.42 Å². The summed E-state index contributed by atoms with van der Waals surface area (Å²) in [4.78, 5) is 4.16. The number of nitrogens with one attached hydrogen (secondary N) is 3. The Morgan fingerprint density at radius 2 is 1.70 bits per heavy atom. The van der Waals surface area contributed by atoms with E-state index < -0.39 is 15.6 Å². The molecule has 0 aliphatic rings. The van der Waals surface area contributed by atoms with Crippen molar-refractivity contribution >= 4 is 16.0 Å². The van der Waals surface area contributed by atoms with Gasteiger partial charge in [0.05, 0.1) is 6.26 Å². The van der Waals surface area contributed by atoms with Crippen molar-refractivity contribution in [2.24, 2.45) is 10.9 Å². The van der Waals surface area contributed by atoms with Crippen LogP contribution in [0.2, 0.25) is 0 Å². The summed E-state index contributed by atoms with van der Waals surface area (Å²) >= 11 is 0. The van der Waals surface area contributed by atoms with Crippen LogP contribution in [0.5, 0.6) is 0 Å². The summed E-state index contributed by atoms with van der Waals surface area (Å²) in [6.45, 7) is 9.54. The molecular formula is C16H36N4O2S. The number of aliphatic imine (C=N–C) groups is 1. The predicted molar refractivity (Wildman–Crippen MR) is 99.3 cm³/mol. The molecule has 0 amide bonds. The van der Waals surface area contributed by atoms with Gasteiger partial charge in [0.2, 0.25) is 10.0 Å². The van der Waals surface area contributed by atoms with Crippen LogP contribution in [0.1, 0.15) is 59.8 Å². The third-order valence-corrected chi connectivity index (χ3v) is 4.31. The maximum Gasteiger partial charge on any atom is 0.209 e. The molecule has 0 aliphatic heterocycles. The zero-order valence-electron chi connectivity index (χ0n) is 15.7. The van der Waals surface area contributed by atoms with E-state index in [1.165, 1.54) is 31.9 Å². The van der Waals surface area contributed by atoms with E-state index in [9.17, 15) is 8.42 Å². The summed E-state index contributed by atoms with van der Waals surface area (Å²) < 4.78 is 25.2. The molecule has 0 spiro atoms. The van der Waals surface area contributed by atoms with Gasteiger partial charge in [-0.15, -0.1) is 0 Å². The normalized spacial score (nSPS) is 13.4. The summed E-state index contributed by atoms with van der Waals surface area (Å²) in [5.74, 6) is 1.50. The van der Waals surface area contributed by atoms with E-state index in [-0.39, 0.29) is 0 Å². The van der Waals surface area contributed by atoms with Crippen LogP contribution >= 0.6 is 0 Å². The van der Waals surface area contributed by atoms with Crippen molar-refractivity contribution in [1.82, 2.24) is 15.4 Å². The number of rotatable bonds is 11. The van der Waals surface area contributed by atoms with Crippen molar-refractivity contribution in [1.29, 1.82) is 0 Å². The molecule has 3 N–H and O–H groups in total. The summed E-state index contributed by atoms with van der Waals surface area (Å²) in [5.41, 5.74) is -0.567. The highest BCUT2D eigenvalue weighted by atomic mass is 32.2. The Morgan fingerprint density at radius 1 is 1.09 bits per heavy atom. The van der Waals surface area contributed by atoms with Crippen LogP contribution in [-0.2, 0) is 10.0 Å². The molecule has 23 heavy (non-hydrogen) atoms. The Labute approximate surface area is 143 Å². The zero-order chi connectivity index (χ0) is 17.9. The van der Waals surface area contributed by atoms with Crippen LogP contribution < -0.4 is 15.4 Å². The van der Waals surface area contributed by atoms with Gasteiger partial charge < -0.3 is 10.6 Å². The van der Waals surface area contributed by atoms with Gasteiger partial charge in [0.1, 0.15) is 0 Å². The Balaban J connectivity index is 3.91. The van der Waals surface area contributed by atoms with E-state index in [1.54, 1.807) is 7.05 Å². The Kier molecular flexibility index (Phi) is 10.5. The highest BCUT2D eigenvalue weighted by Crippen LogP contribution is 2.08. The van der Waals surface area contributed by atoms with Gasteiger partial charge in [0.25, 0.3) is 0 Å². The molecule has 0 saturated heterocycles. The van der Waals surface area contributed by atoms with E-state index >= 15 is 0 Å². The molecule has 0 bridgehead atoms. The monoisotopic (exact) mass is 348 g/mol. The largest absolute Gasteiger partial charge is 0.356 e. The van der Waals surface area contributed by atoms with Gasteiger partial charge in [-0.25, -0.2) is 13.1 Å². The van der Waals surface area contributed by atoms with Crippen molar-refractivity contribution in [3.05, 3.63) is 0 Å². The average molecular weight is 349 g/mol. The topological polar surface area (TPSA) is 82.6 Å². The molecule has 0 atom stereocenters. The van der Waals surface area contributed by atoms with E-state index in [1.807, 2.05) is 13.8 Å². The fourth-order valence-electron chi connectivity index (χ4n) is 2.30. The van der Waals surface area contributed by atoms with Crippen molar-refractivity contribution in [3.63, 3.8) is 0 Å². The van der Waals surface area contributed by atoms with Gasteiger partial charge in [-0.1, -0.05) is 39.5 Å². The molecule has 6 nitrogen and oxygen atoms in total. The number of hydrogen-bond acceptors (Lipinski definition) is 3. The smallest absolute Gasteiger partial charge is 0.209 e. The number of guanidine groups is 1. The van der Waals surface area contributed by atoms with Gasteiger partial charge in [-0.2, -0.15) is 0 Å². The molecule has 138 valence electrons. The quantitative estimate of drug-likeness (QED) is 0.303. The lowest BCUT2D eigenvalue weighted by Crippen LogP contribution is -2.53. The maximum absolute atomic E-state index is 11.3. The molecule has 0 fully saturated rings. The first-order chi connectivity index (χ1) is 10.6. The molecule has 7 heteroatoms. The molecule has 0 aromatic rings. The molecular weight excluding hydrogens is 312 g/mol.